The number of nitrogens with zero attached hydrogens (tertiary/aromatic N) is 1. The van der Waals surface area contributed by atoms with Crippen LogP contribution in [-0.2, 0) is 17.8 Å². The Labute approximate surface area is 192 Å². The number of para-hydroxylation sites is 1. The maximum atomic E-state index is 12.8. The number of carbonyl (C=O) groups excluding carboxylic acids is 2. The zero-order chi connectivity index (χ0) is 22.2. The number of nitrogens with one attached hydrogen (secondary N) is 2. The topological polar surface area (TPSA) is 80.3 Å². The summed E-state index contributed by atoms with van der Waals surface area (Å²) in [6, 6.07) is 19.1. The van der Waals surface area contributed by atoms with Crippen molar-refractivity contribution in [3.8, 4) is 5.75 Å². The summed E-state index contributed by atoms with van der Waals surface area (Å²) in [5.74, 6) is 0.544. The van der Waals surface area contributed by atoms with Crippen LogP contribution in [0.2, 0.25) is 0 Å². The summed E-state index contributed by atoms with van der Waals surface area (Å²) in [7, 11) is 0. The molecule has 0 saturated heterocycles. The molecule has 1 fully saturated rings. The number of hydrogen-bond acceptors (Lipinski definition) is 5. The summed E-state index contributed by atoms with van der Waals surface area (Å²) < 4.78 is 5.71. The Balaban J connectivity index is 1.31. The van der Waals surface area contributed by atoms with Gasteiger partial charge in [-0.2, -0.15) is 0 Å². The smallest absolute Gasteiger partial charge is 0.271 e. The number of benzene rings is 2. The third kappa shape index (κ3) is 6.17. The maximum Gasteiger partial charge on any atom is 0.271 e. The highest BCUT2D eigenvalue weighted by Gasteiger charge is 2.28. The lowest BCUT2D eigenvalue weighted by atomic mass is 9.90. The van der Waals surface area contributed by atoms with Crippen LogP contribution >= 0.6 is 11.3 Å². The van der Waals surface area contributed by atoms with E-state index in [-0.39, 0.29) is 23.9 Å². The molecule has 0 aliphatic heterocycles. The number of thiazole rings is 1. The molecule has 0 bridgehead atoms. The first kappa shape index (κ1) is 22.0. The lowest BCUT2D eigenvalue weighted by molar-refractivity contribution is -0.121. The minimum absolute atomic E-state index is 0.0173. The van der Waals surface area contributed by atoms with Crippen LogP contribution in [0.15, 0.2) is 66.0 Å². The number of hydrogen-bond donors (Lipinski definition) is 2. The zero-order valence-electron chi connectivity index (χ0n) is 17.8. The van der Waals surface area contributed by atoms with Gasteiger partial charge < -0.3 is 15.4 Å². The number of ether oxygens (including phenoxy) is 1. The summed E-state index contributed by atoms with van der Waals surface area (Å²) in [4.78, 5) is 29.8. The molecule has 0 spiro atoms. The molecule has 7 heteroatoms. The first-order valence-electron chi connectivity index (χ1n) is 10.9. The van der Waals surface area contributed by atoms with Gasteiger partial charge in [-0.1, -0.05) is 61.4 Å². The van der Waals surface area contributed by atoms with Crippen molar-refractivity contribution in [1.29, 1.82) is 0 Å². The van der Waals surface area contributed by atoms with Gasteiger partial charge in [0.05, 0.1) is 6.42 Å². The highest BCUT2D eigenvalue weighted by atomic mass is 32.1. The van der Waals surface area contributed by atoms with E-state index in [2.05, 4.69) is 15.6 Å². The predicted molar refractivity (Wildman–Crippen MR) is 125 cm³/mol. The fourth-order valence-corrected chi connectivity index (χ4v) is 4.59. The summed E-state index contributed by atoms with van der Waals surface area (Å²) in [6.45, 7) is 0.323. The Morgan fingerprint density at radius 3 is 2.31 bits per heavy atom. The number of carbonyl (C=O) groups is 2. The van der Waals surface area contributed by atoms with Gasteiger partial charge in [0, 0.05) is 17.5 Å². The third-order valence-electron chi connectivity index (χ3n) is 5.53. The second-order valence-electron chi connectivity index (χ2n) is 7.93. The third-order valence-corrected chi connectivity index (χ3v) is 6.35. The van der Waals surface area contributed by atoms with E-state index in [1.807, 2.05) is 60.7 Å². The van der Waals surface area contributed by atoms with Crippen LogP contribution in [0, 0.1) is 0 Å². The van der Waals surface area contributed by atoms with Crippen LogP contribution < -0.4 is 15.4 Å². The molecule has 2 N–H and O–H groups in total. The molecule has 2 amide bonds. The first-order chi connectivity index (χ1) is 15.7. The number of aromatic nitrogens is 1. The molecule has 2 aromatic carbocycles. The Morgan fingerprint density at radius 1 is 0.938 bits per heavy atom. The Hall–Kier alpha value is -3.19. The van der Waals surface area contributed by atoms with Crippen molar-refractivity contribution in [3.05, 3.63) is 82.3 Å². The first-order valence-corrected chi connectivity index (χ1v) is 11.8. The van der Waals surface area contributed by atoms with E-state index in [9.17, 15) is 9.59 Å². The molecule has 4 rings (SSSR count). The summed E-state index contributed by atoms with van der Waals surface area (Å²) in [5, 5.41) is 8.72. The van der Waals surface area contributed by atoms with Crippen molar-refractivity contribution in [2.24, 2.45) is 0 Å². The molecule has 1 saturated carbocycles. The molecule has 0 radical (unpaired) electrons. The molecule has 32 heavy (non-hydrogen) atoms. The summed E-state index contributed by atoms with van der Waals surface area (Å²) in [5.41, 5.74) is 1.37. The molecule has 1 aliphatic carbocycles. The molecule has 1 aromatic heterocycles. The van der Waals surface area contributed by atoms with Gasteiger partial charge in [0.15, 0.2) is 0 Å². The molecule has 3 aromatic rings. The monoisotopic (exact) mass is 449 g/mol. The number of rotatable bonds is 8. The van der Waals surface area contributed by atoms with E-state index in [0.29, 0.717) is 18.7 Å². The van der Waals surface area contributed by atoms with Gasteiger partial charge in [0.2, 0.25) is 5.91 Å². The standard InChI is InChI=1S/C25H27N3O3S/c29-23(15-18-9-3-1-4-10-18)26-20-13-7-8-14-21(20)28-25(30)22-17-32-24(27-22)16-31-19-11-5-2-6-12-19/h1-6,9-12,17,20-21H,7-8,13-16H2,(H,26,29)(H,28,30)/t20-,21-/m1/s1. The molecule has 2 atom stereocenters. The van der Waals surface area contributed by atoms with Crippen LogP contribution in [0.4, 0.5) is 0 Å². The van der Waals surface area contributed by atoms with Gasteiger partial charge in [-0.3, -0.25) is 9.59 Å². The van der Waals surface area contributed by atoms with Gasteiger partial charge >= 0.3 is 0 Å². The van der Waals surface area contributed by atoms with Crippen LogP contribution in [0.25, 0.3) is 0 Å². The molecular formula is C25H27N3O3S. The minimum Gasteiger partial charge on any atom is -0.486 e. The van der Waals surface area contributed by atoms with Crippen molar-refractivity contribution in [3.63, 3.8) is 0 Å². The summed E-state index contributed by atoms with van der Waals surface area (Å²) in [6.07, 6.45) is 4.12. The van der Waals surface area contributed by atoms with Gasteiger partial charge in [-0.25, -0.2) is 4.98 Å². The second-order valence-corrected chi connectivity index (χ2v) is 8.87. The normalized spacial score (nSPS) is 18.0. The van der Waals surface area contributed by atoms with E-state index in [4.69, 9.17) is 4.74 Å². The van der Waals surface area contributed by atoms with Crippen LogP contribution in [-0.4, -0.2) is 28.9 Å². The van der Waals surface area contributed by atoms with E-state index in [1.165, 1.54) is 11.3 Å². The molecule has 1 heterocycles. The molecule has 6 nitrogen and oxygen atoms in total. The van der Waals surface area contributed by atoms with Crippen molar-refractivity contribution in [2.45, 2.75) is 50.8 Å². The van der Waals surface area contributed by atoms with Gasteiger partial charge in [0.25, 0.3) is 5.91 Å². The average molecular weight is 450 g/mol. The van der Waals surface area contributed by atoms with E-state index >= 15 is 0 Å². The predicted octanol–water partition coefficient (Wildman–Crippen LogP) is 4.12. The Morgan fingerprint density at radius 2 is 1.59 bits per heavy atom. The Kier molecular flexibility index (Phi) is 7.51. The molecule has 1 aliphatic rings. The largest absolute Gasteiger partial charge is 0.486 e. The van der Waals surface area contributed by atoms with Crippen molar-refractivity contribution in [1.82, 2.24) is 15.6 Å². The number of amides is 2. The zero-order valence-corrected chi connectivity index (χ0v) is 18.6. The molecule has 166 valence electrons. The lowest BCUT2D eigenvalue weighted by Crippen LogP contribution is -2.53. The van der Waals surface area contributed by atoms with Crippen LogP contribution in [0.5, 0.6) is 5.75 Å². The molecule has 0 unspecified atom stereocenters. The quantitative estimate of drug-likeness (QED) is 0.542. The fraction of sp³-hybridized carbons (Fsp3) is 0.320. The van der Waals surface area contributed by atoms with Gasteiger partial charge in [0.1, 0.15) is 23.1 Å². The van der Waals surface area contributed by atoms with Crippen molar-refractivity contribution in [2.75, 3.05) is 0 Å². The van der Waals surface area contributed by atoms with E-state index in [0.717, 1.165) is 42.0 Å². The van der Waals surface area contributed by atoms with E-state index in [1.54, 1.807) is 5.38 Å². The molecular weight excluding hydrogens is 422 g/mol. The van der Waals surface area contributed by atoms with Crippen LogP contribution in [0.1, 0.15) is 46.7 Å². The van der Waals surface area contributed by atoms with Gasteiger partial charge in [-0.15, -0.1) is 11.3 Å². The van der Waals surface area contributed by atoms with Crippen molar-refractivity contribution >= 4 is 23.2 Å². The SMILES string of the molecule is O=C(Cc1ccccc1)N[C@@H]1CCCC[C@H]1NC(=O)c1csc(COc2ccccc2)n1. The highest BCUT2D eigenvalue weighted by molar-refractivity contribution is 7.09. The fourth-order valence-electron chi connectivity index (χ4n) is 3.90. The average Bonchev–Trinajstić information content (AvgIpc) is 3.30. The van der Waals surface area contributed by atoms with Gasteiger partial charge in [-0.05, 0) is 30.5 Å². The minimum atomic E-state index is -0.207. The summed E-state index contributed by atoms with van der Waals surface area (Å²) >= 11 is 1.41. The van der Waals surface area contributed by atoms with Crippen molar-refractivity contribution < 1.29 is 14.3 Å². The second kappa shape index (κ2) is 10.9. The highest BCUT2D eigenvalue weighted by Crippen LogP contribution is 2.20. The Bertz CT molecular complexity index is 1020. The maximum absolute atomic E-state index is 12.8. The lowest BCUT2D eigenvalue weighted by Gasteiger charge is -2.32. The van der Waals surface area contributed by atoms with E-state index < -0.39 is 0 Å². The van der Waals surface area contributed by atoms with Crippen LogP contribution in [0.3, 0.4) is 0 Å².